The van der Waals surface area contributed by atoms with Crippen molar-refractivity contribution in [2.45, 2.75) is 12.8 Å². The van der Waals surface area contributed by atoms with E-state index in [9.17, 15) is 0 Å². The molecule has 22 nitrogen and oxygen atoms in total. The molecular weight excluding hydrogens is 660 g/mol. The van der Waals surface area contributed by atoms with Gasteiger partial charge in [0, 0.05) is 20.8 Å². The van der Waals surface area contributed by atoms with Crippen molar-refractivity contribution in [1.29, 1.82) is 0 Å². The fourth-order valence-corrected chi connectivity index (χ4v) is 0.289. The van der Waals surface area contributed by atoms with Gasteiger partial charge in [-0.1, -0.05) is 0 Å². The van der Waals surface area contributed by atoms with E-state index in [1.807, 2.05) is 0 Å². The summed E-state index contributed by atoms with van der Waals surface area (Å²) in [5, 5.41) is 0. The number of rotatable bonds is 3. The summed E-state index contributed by atoms with van der Waals surface area (Å²) >= 11 is 0. The maximum atomic E-state index is 8.52. The molecule has 0 unspecified atom stereocenters. The zero-order chi connectivity index (χ0) is 13.8. The van der Waals surface area contributed by atoms with Gasteiger partial charge in [0.1, 0.15) is 0 Å². The Balaban J connectivity index is -0.00000000374. The van der Waals surface area contributed by atoms with Gasteiger partial charge in [0.25, 0.3) is 0 Å². The summed E-state index contributed by atoms with van der Waals surface area (Å²) in [6, 6.07) is 0. The van der Waals surface area contributed by atoms with Gasteiger partial charge in [0.2, 0.25) is 0 Å². The SMILES string of the molecule is Cl.Cl.NCCCCN.O.O.O.O.O.O.O.O.O.O.O.O.O=S(=O)([O-])[O-].O=S(=O)([O-])[O-].[Cu+2].[Zn+2]. The fraction of sp³-hybridized carbons (Fsp3) is 1.00. The van der Waals surface area contributed by atoms with Gasteiger partial charge in [0.15, 0.2) is 0 Å². The number of hydrogen-bond donors (Lipinski definition) is 2. The van der Waals surface area contributed by atoms with Crippen LogP contribution in [0.25, 0.3) is 0 Å². The Morgan fingerprint density at radius 2 is 0.531 bits per heavy atom. The van der Waals surface area contributed by atoms with E-state index in [-0.39, 0.29) is 127 Å². The molecule has 28 N–H and O–H groups in total. The van der Waals surface area contributed by atoms with Crippen LogP contribution >= 0.6 is 24.8 Å². The first kappa shape index (κ1) is 173. The molecule has 0 heterocycles. The molecule has 32 heavy (non-hydrogen) atoms. The van der Waals surface area contributed by atoms with Gasteiger partial charge in [-0.05, 0) is 25.9 Å². The Bertz CT molecular complexity index is 304. The molecule has 0 aliphatic rings. The van der Waals surface area contributed by atoms with Gasteiger partial charge >= 0.3 is 36.5 Å². The molecule has 0 amide bonds. The predicted octanol–water partition coefficient (Wildman–Crippen LogP) is -12.0. The molecule has 0 fully saturated rings. The molecule has 28 heteroatoms. The Morgan fingerprint density at radius 3 is 0.562 bits per heavy atom. The summed E-state index contributed by atoms with van der Waals surface area (Å²) in [5.74, 6) is 0. The smallest absolute Gasteiger partial charge is 0.759 e. The van der Waals surface area contributed by atoms with Gasteiger partial charge in [-0.15, -0.1) is 24.8 Å². The largest absolute Gasteiger partial charge is 2.00 e. The summed E-state index contributed by atoms with van der Waals surface area (Å²) < 4.78 is 68.2. The first-order valence-electron chi connectivity index (χ1n) is 3.65. The van der Waals surface area contributed by atoms with Crippen molar-refractivity contribution in [2.24, 2.45) is 11.5 Å². The number of hydrogen-bond acceptors (Lipinski definition) is 10. The third-order valence-electron chi connectivity index (χ3n) is 0.658. The summed E-state index contributed by atoms with van der Waals surface area (Å²) in [7, 11) is -10.3. The van der Waals surface area contributed by atoms with Gasteiger partial charge in [-0.3, -0.25) is 16.8 Å². The van der Waals surface area contributed by atoms with Crippen LogP contribution in [0.1, 0.15) is 12.8 Å². The van der Waals surface area contributed by atoms with Crippen LogP contribution in [0.5, 0.6) is 0 Å². The molecule has 0 aromatic heterocycles. The Kier molecular flexibility index (Phi) is 577. The Labute approximate surface area is 219 Å². The molecule has 0 aliphatic carbocycles. The van der Waals surface area contributed by atoms with E-state index >= 15 is 0 Å². The standard InChI is InChI=1S/C4H12N2.2ClH.Cu.2H2O4S.12H2O.Zn/c5-3-1-2-4-6;;;;2*1-5(2,3)4;;;;;;;;;;;;;/h1-6H2;2*1H;;2*(H2,1,2,3,4);12*1H2;/q;;;+2;;;;;;;;;;;;;;;+2/p-4. The van der Waals surface area contributed by atoms with Gasteiger partial charge < -0.3 is 95.4 Å². The summed E-state index contributed by atoms with van der Waals surface area (Å²) in [6.45, 7) is 1.55. The molecule has 0 saturated carbocycles. The van der Waals surface area contributed by atoms with E-state index in [0.29, 0.717) is 0 Å². The summed E-state index contributed by atoms with van der Waals surface area (Å²) in [5.41, 5.74) is 10.3. The van der Waals surface area contributed by atoms with Crippen LogP contribution in [0, 0.1) is 0 Å². The number of halogens is 2. The predicted molar refractivity (Wildman–Crippen MR) is 106 cm³/mol. The summed E-state index contributed by atoms with van der Waals surface area (Å²) in [4.78, 5) is 0. The molecule has 0 aliphatic heterocycles. The minimum Gasteiger partial charge on any atom is -0.759 e. The van der Waals surface area contributed by atoms with Crippen molar-refractivity contribution in [3.63, 3.8) is 0 Å². The molecule has 1 radical (unpaired) electrons. The van der Waals surface area contributed by atoms with E-state index in [4.69, 9.17) is 46.5 Å². The first-order valence-corrected chi connectivity index (χ1v) is 6.32. The van der Waals surface area contributed by atoms with Crippen LogP contribution in [0.4, 0.5) is 0 Å². The van der Waals surface area contributed by atoms with Crippen molar-refractivity contribution in [1.82, 2.24) is 0 Å². The molecule has 0 bridgehead atoms. The second-order valence-electron chi connectivity index (χ2n) is 2.10. The van der Waals surface area contributed by atoms with Crippen molar-refractivity contribution >= 4 is 45.6 Å². The van der Waals surface area contributed by atoms with Crippen molar-refractivity contribution < 1.29 is 137 Å². The molecule has 0 rings (SSSR count). The van der Waals surface area contributed by atoms with Gasteiger partial charge in [0.05, 0.1) is 0 Å². The van der Waals surface area contributed by atoms with E-state index in [0.717, 1.165) is 25.9 Å². The zero-order valence-corrected chi connectivity index (χ0v) is 23.1. The monoisotopic (exact) mass is 695 g/mol. The van der Waals surface area contributed by atoms with Crippen LogP contribution in [0.3, 0.4) is 0 Å². The van der Waals surface area contributed by atoms with E-state index in [2.05, 4.69) is 0 Å². The summed E-state index contributed by atoms with van der Waals surface area (Å²) in [6.07, 6.45) is 2.13. The average Bonchev–Trinajstić information content (AvgIpc) is 1.94. The Hall–Kier alpha value is 0.903. The zero-order valence-electron chi connectivity index (χ0n) is 15.9. The number of unbranched alkanes of at least 4 members (excludes halogenated alkanes) is 1. The molecule has 223 valence electrons. The molecule has 0 atom stereocenters. The van der Waals surface area contributed by atoms with E-state index < -0.39 is 20.8 Å². The third kappa shape index (κ3) is 1810. The second kappa shape index (κ2) is 107. The first-order chi connectivity index (χ1) is 6.91. The van der Waals surface area contributed by atoms with Crippen LogP contribution < -0.4 is 11.5 Å². The topological polar surface area (TPSA) is 591 Å². The minimum absolute atomic E-state index is 0. The third-order valence-corrected chi connectivity index (χ3v) is 0.658. The molecule has 0 saturated heterocycles. The van der Waals surface area contributed by atoms with E-state index in [1.165, 1.54) is 0 Å². The van der Waals surface area contributed by atoms with Crippen molar-refractivity contribution in [2.75, 3.05) is 13.1 Å². The van der Waals surface area contributed by atoms with Crippen LogP contribution in [-0.4, -0.2) is 114 Å². The van der Waals surface area contributed by atoms with Crippen molar-refractivity contribution in [3.8, 4) is 0 Å². The van der Waals surface area contributed by atoms with Gasteiger partial charge in [-0.25, -0.2) is 0 Å². The number of nitrogens with two attached hydrogens (primary N) is 2. The van der Waals surface area contributed by atoms with Gasteiger partial charge in [-0.2, -0.15) is 0 Å². The molecule has 0 aromatic carbocycles. The molecule has 0 spiro atoms. The van der Waals surface area contributed by atoms with Crippen LogP contribution in [-0.2, 0) is 57.3 Å². The average molecular weight is 698 g/mol. The maximum absolute atomic E-state index is 8.52. The van der Waals surface area contributed by atoms with Crippen molar-refractivity contribution in [3.05, 3.63) is 0 Å². The minimum atomic E-state index is -5.17. The molecular formula is C4H38Cl2CuN2O20S2Zn. The Morgan fingerprint density at radius 1 is 0.469 bits per heavy atom. The molecule has 0 aromatic rings. The maximum Gasteiger partial charge on any atom is 2.00 e. The fourth-order valence-electron chi connectivity index (χ4n) is 0.289. The van der Waals surface area contributed by atoms with Crippen LogP contribution in [0.15, 0.2) is 0 Å². The van der Waals surface area contributed by atoms with E-state index in [1.54, 1.807) is 0 Å². The second-order valence-corrected chi connectivity index (χ2v) is 3.73. The normalized spacial score (nSPS) is 5.31. The van der Waals surface area contributed by atoms with Crippen LogP contribution in [0.2, 0.25) is 0 Å². The quantitative estimate of drug-likeness (QED) is 0.121.